The van der Waals surface area contributed by atoms with Gasteiger partial charge in [-0.1, -0.05) is 0 Å². The molecule has 0 aromatic carbocycles. The fourth-order valence-electron chi connectivity index (χ4n) is 2.46. The Morgan fingerprint density at radius 2 is 2.20 bits per heavy atom. The Kier molecular flexibility index (Phi) is 6.56. The van der Waals surface area contributed by atoms with Crippen LogP contribution in [0.5, 0.6) is 0 Å². The Labute approximate surface area is 125 Å². The second-order valence-electron chi connectivity index (χ2n) is 5.05. The van der Waals surface area contributed by atoms with Crippen molar-refractivity contribution in [2.45, 2.75) is 17.9 Å². The molecule has 0 atom stereocenters. The van der Waals surface area contributed by atoms with Gasteiger partial charge in [0, 0.05) is 32.8 Å². The summed E-state index contributed by atoms with van der Waals surface area (Å²) in [6.07, 6.45) is 6.15. The fraction of sp³-hybridized carbons (Fsp3) is 0.714. The summed E-state index contributed by atoms with van der Waals surface area (Å²) < 4.78 is 5.04. The summed E-state index contributed by atoms with van der Waals surface area (Å²) >= 11 is 1.66. The van der Waals surface area contributed by atoms with Crippen LogP contribution in [0, 0.1) is 5.92 Å². The first-order valence-corrected chi connectivity index (χ1v) is 8.36. The second kappa shape index (κ2) is 8.44. The van der Waals surface area contributed by atoms with Gasteiger partial charge in [-0.2, -0.15) is 0 Å². The summed E-state index contributed by atoms with van der Waals surface area (Å²) in [6.45, 7) is 5.00. The lowest BCUT2D eigenvalue weighted by atomic mass is 9.97. The number of rotatable bonds is 7. The number of methoxy groups -OCH3 is 1. The van der Waals surface area contributed by atoms with Gasteiger partial charge < -0.3 is 15.0 Å². The number of anilines is 1. The lowest BCUT2D eigenvalue weighted by molar-refractivity contribution is 0.196. The van der Waals surface area contributed by atoms with E-state index < -0.39 is 0 Å². The molecule has 1 aliphatic rings. The van der Waals surface area contributed by atoms with Crippen molar-refractivity contribution in [3.63, 3.8) is 0 Å². The van der Waals surface area contributed by atoms with E-state index in [1.54, 1.807) is 25.2 Å². The largest absolute Gasteiger partial charge is 0.383 e. The van der Waals surface area contributed by atoms with Crippen molar-refractivity contribution in [3.05, 3.63) is 12.4 Å². The highest BCUT2D eigenvalue weighted by molar-refractivity contribution is 7.98. The first-order chi connectivity index (χ1) is 9.83. The van der Waals surface area contributed by atoms with Crippen LogP contribution < -0.4 is 10.2 Å². The van der Waals surface area contributed by atoms with E-state index in [-0.39, 0.29) is 0 Å². The monoisotopic (exact) mass is 296 g/mol. The zero-order valence-electron chi connectivity index (χ0n) is 12.3. The van der Waals surface area contributed by atoms with Crippen molar-refractivity contribution in [3.8, 4) is 0 Å². The molecule has 2 heterocycles. The topological polar surface area (TPSA) is 50.3 Å². The molecule has 112 valence electrons. The third kappa shape index (κ3) is 4.61. The van der Waals surface area contributed by atoms with Gasteiger partial charge in [0.25, 0.3) is 0 Å². The lowest BCUT2D eigenvalue weighted by Crippen LogP contribution is -2.38. The van der Waals surface area contributed by atoms with Gasteiger partial charge in [0.2, 0.25) is 0 Å². The average Bonchev–Trinajstić information content (AvgIpc) is 2.52. The molecule has 1 aromatic rings. The number of thioether (sulfide) groups is 1. The smallest absolute Gasteiger partial charge is 0.133 e. The maximum Gasteiger partial charge on any atom is 0.133 e. The summed E-state index contributed by atoms with van der Waals surface area (Å²) in [5.41, 5.74) is 0. The predicted octanol–water partition coefficient (Wildman–Crippen LogP) is 1.65. The van der Waals surface area contributed by atoms with Gasteiger partial charge in [0.15, 0.2) is 0 Å². The van der Waals surface area contributed by atoms with Crippen molar-refractivity contribution in [2.75, 3.05) is 51.1 Å². The average molecular weight is 296 g/mol. The van der Waals surface area contributed by atoms with E-state index in [9.17, 15) is 0 Å². The minimum Gasteiger partial charge on any atom is -0.383 e. The third-order valence-electron chi connectivity index (χ3n) is 3.69. The minimum absolute atomic E-state index is 0.768. The van der Waals surface area contributed by atoms with Crippen LogP contribution in [-0.2, 0) is 4.74 Å². The summed E-state index contributed by atoms with van der Waals surface area (Å²) in [4.78, 5) is 11.0. The highest BCUT2D eigenvalue weighted by Crippen LogP contribution is 2.23. The van der Waals surface area contributed by atoms with E-state index in [0.717, 1.165) is 49.5 Å². The van der Waals surface area contributed by atoms with Gasteiger partial charge in [-0.05, 0) is 31.6 Å². The standard InChI is InChI=1S/C14H24N4OS/c1-19-8-5-15-10-12-3-6-18(7-4-12)13-9-14(20-2)17-11-16-13/h9,11-12,15H,3-8,10H2,1-2H3. The predicted molar refractivity (Wildman–Crippen MR) is 83.5 cm³/mol. The summed E-state index contributed by atoms with van der Waals surface area (Å²) in [5, 5.41) is 4.50. The first-order valence-electron chi connectivity index (χ1n) is 7.14. The zero-order valence-corrected chi connectivity index (χ0v) is 13.2. The number of nitrogens with one attached hydrogen (secondary N) is 1. The SMILES string of the molecule is COCCNCC1CCN(c2cc(SC)ncn2)CC1. The van der Waals surface area contributed by atoms with E-state index in [2.05, 4.69) is 26.3 Å². The normalized spacial score (nSPS) is 16.6. The molecule has 0 radical (unpaired) electrons. The third-order valence-corrected chi connectivity index (χ3v) is 4.33. The quantitative estimate of drug-likeness (QED) is 0.469. The molecule has 1 aliphatic heterocycles. The molecule has 1 fully saturated rings. The molecular weight excluding hydrogens is 272 g/mol. The van der Waals surface area contributed by atoms with Crippen molar-refractivity contribution >= 4 is 17.6 Å². The Balaban J connectivity index is 1.76. The van der Waals surface area contributed by atoms with Gasteiger partial charge in [0.1, 0.15) is 17.2 Å². The van der Waals surface area contributed by atoms with E-state index in [4.69, 9.17) is 4.74 Å². The molecular formula is C14H24N4OS. The highest BCUT2D eigenvalue weighted by atomic mass is 32.2. The molecule has 0 saturated carbocycles. The Morgan fingerprint density at radius 3 is 2.90 bits per heavy atom. The van der Waals surface area contributed by atoms with E-state index in [0.29, 0.717) is 0 Å². The summed E-state index contributed by atoms with van der Waals surface area (Å²) in [6, 6.07) is 2.09. The molecule has 0 unspecified atom stereocenters. The Morgan fingerprint density at radius 1 is 1.40 bits per heavy atom. The van der Waals surface area contributed by atoms with Crippen LogP contribution in [0.4, 0.5) is 5.82 Å². The molecule has 6 heteroatoms. The molecule has 0 bridgehead atoms. The maximum absolute atomic E-state index is 5.04. The second-order valence-corrected chi connectivity index (χ2v) is 5.87. The van der Waals surface area contributed by atoms with Crippen LogP contribution in [-0.4, -0.2) is 56.1 Å². The fourth-order valence-corrected chi connectivity index (χ4v) is 2.84. The van der Waals surface area contributed by atoms with E-state index in [1.807, 2.05) is 6.26 Å². The van der Waals surface area contributed by atoms with Gasteiger partial charge in [-0.15, -0.1) is 11.8 Å². The molecule has 0 aliphatic carbocycles. The van der Waals surface area contributed by atoms with E-state index >= 15 is 0 Å². The Bertz CT molecular complexity index is 397. The van der Waals surface area contributed by atoms with Crippen molar-refractivity contribution in [2.24, 2.45) is 5.92 Å². The summed E-state index contributed by atoms with van der Waals surface area (Å²) in [7, 11) is 1.74. The molecule has 0 spiro atoms. The van der Waals surface area contributed by atoms with Gasteiger partial charge >= 0.3 is 0 Å². The van der Waals surface area contributed by atoms with Crippen LogP contribution >= 0.6 is 11.8 Å². The highest BCUT2D eigenvalue weighted by Gasteiger charge is 2.20. The zero-order chi connectivity index (χ0) is 14.2. The molecule has 0 amide bonds. The number of ether oxygens (including phenoxy) is 1. The maximum atomic E-state index is 5.04. The van der Waals surface area contributed by atoms with Gasteiger partial charge in [-0.3, -0.25) is 0 Å². The molecule has 20 heavy (non-hydrogen) atoms. The van der Waals surface area contributed by atoms with E-state index in [1.165, 1.54) is 12.8 Å². The number of hydrogen-bond donors (Lipinski definition) is 1. The summed E-state index contributed by atoms with van der Waals surface area (Å²) in [5.74, 6) is 1.83. The minimum atomic E-state index is 0.768. The molecule has 1 aromatic heterocycles. The van der Waals surface area contributed by atoms with Gasteiger partial charge in [0.05, 0.1) is 6.61 Å². The number of hydrogen-bond acceptors (Lipinski definition) is 6. The van der Waals surface area contributed by atoms with Crippen molar-refractivity contribution < 1.29 is 4.74 Å². The van der Waals surface area contributed by atoms with Crippen LogP contribution in [0.15, 0.2) is 17.4 Å². The van der Waals surface area contributed by atoms with Crippen LogP contribution in [0.25, 0.3) is 0 Å². The number of piperidine rings is 1. The van der Waals surface area contributed by atoms with Crippen LogP contribution in [0.3, 0.4) is 0 Å². The number of nitrogens with zero attached hydrogens (tertiary/aromatic N) is 3. The molecule has 2 rings (SSSR count). The lowest BCUT2D eigenvalue weighted by Gasteiger charge is -2.33. The van der Waals surface area contributed by atoms with Crippen molar-refractivity contribution in [1.29, 1.82) is 0 Å². The van der Waals surface area contributed by atoms with Crippen LogP contribution in [0.2, 0.25) is 0 Å². The molecule has 1 saturated heterocycles. The Hall–Kier alpha value is -0.850. The van der Waals surface area contributed by atoms with Crippen LogP contribution in [0.1, 0.15) is 12.8 Å². The first kappa shape index (κ1) is 15.5. The van der Waals surface area contributed by atoms with Gasteiger partial charge in [-0.25, -0.2) is 9.97 Å². The number of aromatic nitrogens is 2. The molecule has 5 nitrogen and oxygen atoms in total. The molecule has 1 N–H and O–H groups in total. The van der Waals surface area contributed by atoms with Crippen molar-refractivity contribution in [1.82, 2.24) is 15.3 Å².